The number of hydrogen-bond donors (Lipinski definition) is 0. The van der Waals surface area contributed by atoms with E-state index in [1.807, 2.05) is 19.9 Å². The molecule has 0 aromatic heterocycles. The molecule has 2 aliphatic carbocycles. The molecule has 0 N–H and O–H groups in total. The Kier molecular flexibility index (Phi) is 4.98. The summed E-state index contributed by atoms with van der Waals surface area (Å²) >= 11 is 0. The summed E-state index contributed by atoms with van der Waals surface area (Å²) in [5.41, 5.74) is -1.66. The Balaban J connectivity index is 2.19. The van der Waals surface area contributed by atoms with Gasteiger partial charge in [0.1, 0.15) is 11.6 Å². The highest BCUT2D eigenvalue weighted by Gasteiger charge is 2.50. The Morgan fingerprint density at radius 3 is 2.59 bits per heavy atom. The maximum Gasteiger partial charge on any atom is 0.340 e. The lowest BCUT2D eigenvalue weighted by Gasteiger charge is -2.40. The molecule has 3 nitrogen and oxygen atoms in total. The number of carbonyl (C=O) groups is 1. The zero-order valence-electron chi connectivity index (χ0n) is 16.0. The van der Waals surface area contributed by atoms with Crippen LogP contribution in [0.15, 0.2) is 59.5 Å². The van der Waals surface area contributed by atoms with Gasteiger partial charge in [-0.25, -0.2) is 13.6 Å². The van der Waals surface area contributed by atoms with Gasteiger partial charge in [-0.1, -0.05) is 32.1 Å². The van der Waals surface area contributed by atoms with E-state index in [1.54, 1.807) is 24.3 Å². The summed E-state index contributed by atoms with van der Waals surface area (Å²) < 4.78 is 41.3. The van der Waals surface area contributed by atoms with Crippen LogP contribution in [0.2, 0.25) is 0 Å². The Morgan fingerprint density at radius 2 is 2.00 bits per heavy atom. The van der Waals surface area contributed by atoms with Crippen LogP contribution in [0.25, 0.3) is 0 Å². The van der Waals surface area contributed by atoms with E-state index in [1.165, 1.54) is 13.2 Å². The number of esters is 1. The smallest absolute Gasteiger partial charge is 0.340 e. The van der Waals surface area contributed by atoms with Gasteiger partial charge in [0.05, 0.1) is 19.8 Å². The molecule has 0 spiro atoms. The van der Waals surface area contributed by atoms with Crippen molar-refractivity contribution >= 4 is 5.97 Å². The third kappa shape index (κ3) is 3.31. The molecule has 5 heteroatoms. The number of benzene rings is 1. The zero-order valence-corrected chi connectivity index (χ0v) is 16.0. The molecule has 0 heterocycles. The number of hydrogen-bond acceptors (Lipinski definition) is 3. The minimum absolute atomic E-state index is 0.372. The largest absolute Gasteiger partial charge is 0.497 e. The molecule has 0 fully saturated rings. The molecule has 144 valence electrons. The van der Waals surface area contributed by atoms with Gasteiger partial charge < -0.3 is 9.47 Å². The van der Waals surface area contributed by atoms with Gasteiger partial charge in [0.25, 0.3) is 0 Å². The quantitative estimate of drug-likeness (QED) is 0.537. The lowest BCUT2D eigenvalue weighted by molar-refractivity contribution is -0.136. The predicted octanol–water partition coefficient (Wildman–Crippen LogP) is 5.20. The SMILES string of the molecule is COC(=O)C1=CC(F)(C2=CCCC2(C)C)C(c2cccc(OC)c2)C=C1F. The van der Waals surface area contributed by atoms with Crippen molar-refractivity contribution in [1.29, 1.82) is 0 Å². The lowest BCUT2D eigenvalue weighted by Crippen LogP contribution is -2.38. The average Bonchev–Trinajstić information content (AvgIpc) is 3.02. The van der Waals surface area contributed by atoms with Gasteiger partial charge >= 0.3 is 5.97 Å². The van der Waals surface area contributed by atoms with E-state index in [0.29, 0.717) is 16.9 Å². The Bertz CT molecular complexity index is 851. The summed E-state index contributed by atoms with van der Waals surface area (Å²) in [5, 5.41) is 0. The molecular formula is C22H24F2O3. The monoisotopic (exact) mass is 374 g/mol. The summed E-state index contributed by atoms with van der Waals surface area (Å²) in [6.45, 7) is 3.94. The summed E-state index contributed by atoms with van der Waals surface area (Å²) in [4.78, 5) is 12.0. The van der Waals surface area contributed by atoms with Crippen molar-refractivity contribution < 1.29 is 23.0 Å². The van der Waals surface area contributed by atoms with Crippen LogP contribution in [0.3, 0.4) is 0 Å². The van der Waals surface area contributed by atoms with Crippen LogP contribution >= 0.6 is 0 Å². The van der Waals surface area contributed by atoms with E-state index in [9.17, 15) is 9.18 Å². The second-order valence-electron chi connectivity index (χ2n) is 7.63. The third-order valence-electron chi connectivity index (χ3n) is 5.50. The van der Waals surface area contributed by atoms with E-state index in [0.717, 1.165) is 26.0 Å². The number of allylic oxidation sites excluding steroid dienone is 4. The number of halogens is 2. The van der Waals surface area contributed by atoms with Gasteiger partial charge in [-0.3, -0.25) is 0 Å². The van der Waals surface area contributed by atoms with Crippen molar-refractivity contribution in [3.8, 4) is 5.75 Å². The highest BCUT2D eigenvalue weighted by atomic mass is 19.1. The second-order valence-corrected chi connectivity index (χ2v) is 7.63. The molecule has 0 aliphatic heterocycles. The van der Waals surface area contributed by atoms with Crippen LogP contribution < -0.4 is 4.74 Å². The van der Waals surface area contributed by atoms with Crippen molar-refractivity contribution in [1.82, 2.24) is 0 Å². The molecule has 0 saturated heterocycles. The first-order valence-corrected chi connectivity index (χ1v) is 8.96. The molecular weight excluding hydrogens is 350 g/mol. The number of methoxy groups -OCH3 is 2. The van der Waals surface area contributed by atoms with Crippen LogP contribution in [-0.4, -0.2) is 25.9 Å². The van der Waals surface area contributed by atoms with Gasteiger partial charge in [0, 0.05) is 5.92 Å². The second kappa shape index (κ2) is 6.95. The lowest BCUT2D eigenvalue weighted by atomic mass is 9.67. The van der Waals surface area contributed by atoms with Crippen molar-refractivity contribution in [2.45, 2.75) is 38.3 Å². The number of rotatable bonds is 4. The number of alkyl halides is 1. The number of carbonyl (C=O) groups excluding carboxylic acids is 1. The van der Waals surface area contributed by atoms with Crippen LogP contribution in [0.1, 0.15) is 38.2 Å². The molecule has 1 aromatic carbocycles. The van der Waals surface area contributed by atoms with E-state index >= 15 is 4.39 Å². The molecule has 1 aromatic rings. The van der Waals surface area contributed by atoms with E-state index in [2.05, 4.69) is 4.74 Å². The fourth-order valence-corrected chi connectivity index (χ4v) is 4.07. The number of ether oxygens (including phenoxy) is 2. The van der Waals surface area contributed by atoms with Gasteiger partial charge in [0.15, 0.2) is 5.67 Å². The summed E-state index contributed by atoms with van der Waals surface area (Å²) in [5.74, 6) is -2.01. The van der Waals surface area contributed by atoms with Gasteiger partial charge in [-0.05, 0) is 53.7 Å². The van der Waals surface area contributed by atoms with Crippen molar-refractivity contribution in [2.24, 2.45) is 5.41 Å². The van der Waals surface area contributed by atoms with Crippen molar-refractivity contribution in [2.75, 3.05) is 14.2 Å². The van der Waals surface area contributed by atoms with E-state index in [4.69, 9.17) is 4.74 Å². The Labute approximate surface area is 158 Å². The predicted molar refractivity (Wildman–Crippen MR) is 100.0 cm³/mol. The normalized spacial score (nSPS) is 26.7. The first kappa shape index (κ1) is 19.3. The molecule has 0 bridgehead atoms. The summed E-state index contributed by atoms with van der Waals surface area (Å²) in [6.07, 6.45) is 5.68. The maximum absolute atomic E-state index is 16.7. The minimum Gasteiger partial charge on any atom is -0.497 e. The first-order valence-electron chi connectivity index (χ1n) is 8.96. The highest BCUT2D eigenvalue weighted by molar-refractivity contribution is 5.93. The molecule has 27 heavy (non-hydrogen) atoms. The average molecular weight is 374 g/mol. The van der Waals surface area contributed by atoms with Crippen molar-refractivity contribution in [3.05, 3.63) is 65.0 Å². The summed E-state index contributed by atoms with van der Waals surface area (Å²) in [7, 11) is 2.68. The standard InChI is InChI=1S/C22H24F2O3/c1-21(2)10-6-9-19(21)22(24)13-16(20(25)27-4)18(23)12-17(22)14-7-5-8-15(11-14)26-3/h5,7-9,11-13,17H,6,10H2,1-4H3. The molecule has 2 aliphatic rings. The highest BCUT2D eigenvalue weighted by Crippen LogP contribution is 2.54. The maximum atomic E-state index is 16.7. The minimum atomic E-state index is -2.04. The first-order chi connectivity index (χ1) is 12.7. The van der Waals surface area contributed by atoms with Crippen LogP contribution in [0, 0.1) is 5.41 Å². The fourth-order valence-electron chi connectivity index (χ4n) is 4.07. The van der Waals surface area contributed by atoms with Gasteiger partial charge in [0.2, 0.25) is 0 Å². The zero-order chi connectivity index (χ0) is 19.8. The topological polar surface area (TPSA) is 35.5 Å². The summed E-state index contributed by atoms with van der Waals surface area (Å²) in [6, 6.07) is 6.93. The van der Waals surface area contributed by atoms with Crippen LogP contribution in [0.5, 0.6) is 5.75 Å². The van der Waals surface area contributed by atoms with Crippen LogP contribution in [0.4, 0.5) is 8.78 Å². The van der Waals surface area contributed by atoms with E-state index in [-0.39, 0.29) is 5.57 Å². The molecule has 0 saturated carbocycles. The molecule has 0 amide bonds. The van der Waals surface area contributed by atoms with Gasteiger partial charge in [-0.15, -0.1) is 0 Å². The fraction of sp³-hybridized carbons (Fsp3) is 0.409. The van der Waals surface area contributed by atoms with E-state index < -0.39 is 28.8 Å². The Morgan fingerprint density at radius 1 is 1.26 bits per heavy atom. The molecule has 0 radical (unpaired) electrons. The molecule has 2 unspecified atom stereocenters. The van der Waals surface area contributed by atoms with Crippen molar-refractivity contribution in [3.63, 3.8) is 0 Å². The van der Waals surface area contributed by atoms with Crippen LogP contribution in [-0.2, 0) is 9.53 Å². The van der Waals surface area contributed by atoms with Gasteiger partial charge in [-0.2, -0.15) is 0 Å². The Hall–Kier alpha value is -2.43. The molecule has 2 atom stereocenters. The molecule has 3 rings (SSSR count). The third-order valence-corrected chi connectivity index (χ3v) is 5.50.